The van der Waals surface area contributed by atoms with Gasteiger partial charge in [0.2, 0.25) is 0 Å². The molecule has 1 rings (SSSR count). The summed E-state index contributed by atoms with van der Waals surface area (Å²) in [7, 11) is -4.89. The molecule has 10 nitrogen and oxygen atoms in total. The molecule has 0 aliphatic carbocycles. The van der Waals surface area contributed by atoms with Crippen LogP contribution >= 0.6 is 0 Å². The first-order chi connectivity index (χ1) is 18.1. The Balaban J connectivity index is 2.23. The monoisotopic (exact) mass is 562 g/mol. The minimum absolute atomic E-state index is 0.189. The van der Waals surface area contributed by atoms with Gasteiger partial charge in [0.1, 0.15) is 19.8 Å². The number of cyclic esters (lactones) is 2. The van der Waals surface area contributed by atoms with Crippen LogP contribution in [-0.4, -0.2) is 67.7 Å². The number of carbonyl (C=O) groups excluding carboxylic acids is 3. The second-order valence-corrected chi connectivity index (χ2v) is 11.7. The zero-order valence-corrected chi connectivity index (χ0v) is 23.6. The summed E-state index contributed by atoms with van der Waals surface area (Å²) in [6.45, 7) is 0.192. The van der Waals surface area contributed by atoms with E-state index in [1.165, 1.54) is 51.4 Å². The number of ether oxygens (including phenoxy) is 3. The van der Waals surface area contributed by atoms with Crippen LogP contribution in [0.25, 0.3) is 0 Å². The minimum Gasteiger partial charge on any atom is -0.465 e. The zero-order chi connectivity index (χ0) is 28.3. The van der Waals surface area contributed by atoms with Crippen LogP contribution in [0.3, 0.4) is 0 Å². The van der Waals surface area contributed by atoms with Gasteiger partial charge in [0.05, 0.1) is 18.4 Å². The Morgan fingerprint density at radius 1 is 0.947 bits per heavy atom. The summed E-state index contributed by atoms with van der Waals surface area (Å²) in [4.78, 5) is 36.1. The standard InChI is InChI=1S/C27H46O10S/c1-2-3-4-5-6-7-8-9-10-11-12-13-14-15-16-17-24(29)35-20-27(19-28)21-36-25(30)18-23(38(32,33)34)26(31)37-22-27/h7-8,23,28H,2-6,9-22H2,1H3,(H,32,33,34)/b8-7-. The fourth-order valence-corrected chi connectivity index (χ4v) is 4.64. The Bertz CT molecular complexity index is 839. The highest BCUT2D eigenvalue weighted by Gasteiger charge is 2.42. The van der Waals surface area contributed by atoms with E-state index in [2.05, 4.69) is 19.1 Å². The Kier molecular flexibility index (Phi) is 17.1. The number of esters is 3. The van der Waals surface area contributed by atoms with Crippen LogP contribution in [0.15, 0.2) is 12.2 Å². The second kappa shape index (κ2) is 19.1. The van der Waals surface area contributed by atoms with Crippen LogP contribution in [0.1, 0.15) is 103 Å². The van der Waals surface area contributed by atoms with Crippen LogP contribution < -0.4 is 0 Å². The molecule has 2 atom stereocenters. The van der Waals surface area contributed by atoms with Crippen molar-refractivity contribution < 1.29 is 46.7 Å². The van der Waals surface area contributed by atoms with E-state index >= 15 is 0 Å². The topological polar surface area (TPSA) is 154 Å². The summed E-state index contributed by atoms with van der Waals surface area (Å²) >= 11 is 0. The van der Waals surface area contributed by atoms with Gasteiger partial charge in [0.15, 0.2) is 5.25 Å². The van der Waals surface area contributed by atoms with Crippen molar-refractivity contribution >= 4 is 28.0 Å². The fourth-order valence-electron chi connectivity index (χ4n) is 3.98. The minimum atomic E-state index is -4.89. The van der Waals surface area contributed by atoms with Crippen LogP contribution in [0.4, 0.5) is 0 Å². The maximum atomic E-state index is 12.2. The molecule has 0 radical (unpaired) electrons. The molecule has 0 aromatic carbocycles. The normalized spacial score (nSPS) is 20.9. The van der Waals surface area contributed by atoms with E-state index in [0.29, 0.717) is 6.42 Å². The summed E-state index contributed by atoms with van der Waals surface area (Å²) in [5.41, 5.74) is -1.43. The molecule has 0 saturated carbocycles. The molecule has 0 amide bonds. The molecule has 0 aromatic heterocycles. The smallest absolute Gasteiger partial charge is 0.327 e. The molecule has 11 heteroatoms. The van der Waals surface area contributed by atoms with Gasteiger partial charge < -0.3 is 19.3 Å². The maximum Gasteiger partial charge on any atom is 0.327 e. The first-order valence-corrected chi connectivity index (χ1v) is 15.3. The summed E-state index contributed by atoms with van der Waals surface area (Å²) in [6, 6.07) is 0. The third kappa shape index (κ3) is 14.8. The van der Waals surface area contributed by atoms with Gasteiger partial charge in [-0.1, -0.05) is 70.4 Å². The van der Waals surface area contributed by atoms with Gasteiger partial charge in [-0.05, 0) is 32.1 Å². The average Bonchev–Trinajstić information content (AvgIpc) is 2.94. The third-order valence-corrected chi connectivity index (χ3v) is 7.63. The first-order valence-electron chi connectivity index (χ1n) is 13.8. The van der Waals surface area contributed by atoms with Crippen molar-refractivity contribution in [3.63, 3.8) is 0 Å². The Hall–Kier alpha value is -1.98. The molecule has 0 spiro atoms. The Labute approximate surface area is 227 Å². The van der Waals surface area contributed by atoms with Crippen LogP contribution in [0.5, 0.6) is 0 Å². The predicted molar refractivity (Wildman–Crippen MR) is 142 cm³/mol. The largest absolute Gasteiger partial charge is 0.465 e. The van der Waals surface area contributed by atoms with Gasteiger partial charge in [0.25, 0.3) is 10.1 Å². The van der Waals surface area contributed by atoms with Crippen molar-refractivity contribution in [2.24, 2.45) is 5.41 Å². The van der Waals surface area contributed by atoms with E-state index in [1.807, 2.05) is 0 Å². The molecule has 1 fully saturated rings. The first kappa shape index (κ1) is 34.0. The zero-order valence-electron chi connectivity index (χ0n) is 22.7. The summed E-state index contributed by atoms with van der Waals surface area (Å²) in [5, 5.41) is 7.72. The number of rotatable bonds is 19. The lowest BCUT2D eigenvalue weighted by Gasteiger charge is -2.29. The average molecular weight is 563 g/mol. The molecule has 2 unspecified atom stereocenters. The molecule has 220 valence electrons. The van der Waals surface area contributed by atoms with Gasteiger partial charge in [-0.2, -0.15) is 8.42 Å². The maximum absolute atomic E-state index is 12.2. The van der Waals surface area contributed by atoms with Crippen LogP contribution in [0.2, 0.25) is 0 Å². The quantitative estimate of drug-likeness (QED) is 0.0766. The van der Waals surface area contributed by atoms with Crippen molar-refractivity contribution in [3.8, 4) is 0 Å². The fraction of sp³-hybridized carbons (Fsp3) is 0.815. The molecule has 1 heterocycles. The summed E-state index contributed by atoms with van der Waals surface area (Å²) in [6.07, 6.45) is 18.6. The van der Waals surface area contributed by atoms with Gasteiger partial charge >= 0.3 is 17.9 Å². The van der Waals surface area contributed by atoms with Crippen molar-refractivity contribution in [2.45, 2.75) is 108 Å². The van der Waals surface area contributed by atoms with Crippen molar-refractivity contribution in [1.82, 2.24) is 0 Å². The number of aliphatic hydroxyl groups excluding tert-OH is 1. The van der Waals surface area contributed by atoms with Gasteiger partial charge in [0, 0.05) is 6.42 Å². The van der Waals surface area contributed by atoms with Crippen molar-refractivity contribution in [1.29, 1.82) is 0 Å². The molecular weight excluding hydrogens is 516 g/mol. The molecule has 0 bridgehead atoms. The molecule has 1 saturated heterocycles. The molecular formula is C27H46O10S. The number of aliphatic hydroxyl groups is 1. The van der Waals surface area contributed by atoms with E-state index in [0.717, 1.165) is 25.7 Å². The van der Waals surface area contributed by atoms with Crippen molar-refractivity contribution in [2.75, 3.05) is 26.4 Å². The highest BCUT2D eigenvalue weighted by molar-refractivity contribution is 7.87. The lowest BCUT2D eigenvalue weighted by atomic mass is 9.92. The Morgan fingerprint density at radius 2 is 1.50 bits per heavy atom. The van der Waals surface area contributed by atoms with Crippen molar-refractivity contribution in [3.05, 3.63) is 12.2 Å². The lowest BCUT2D eigenvalue weighted by Crippen LogP contribution is -2.42. The van der Waals surface area contributed by atoms with E-state index < -0.39 is 64.9 Å². The van der Waals surface area contributed by atoms with E-state index in [4.69, 9.17) is 14.2 Å². The Morgan fingerprint density at radius 3 is 2.08 bits per heavy atom. The highest BCUT2D eigenvalue weighted by atomic mass is 32.2. The SMILES string of the molecule is CCCCCC/C=C\CCCCCCCCCC(=O)OCC1(CO)COC(=O)CC(S(=O)(=O)O)C(=O)OC1. The number of unbranched alkanes of at least 4 members (excludes halogenated alkanes) is 11. The molecule has 1 aliphatic heterocycles. The third-order valence-electron chi connectivity index (χ3n) is 6.55. The summed E-state index contributed by atoms with van der Waals surface area (Å²) < 4.78 is 47.0. The molecule has 2 N–H and O–H groups in total. The van der Waals surface area contributed by atoms with E-state index in [1.54, 1.807) is 0 Å². The van der Waals surface area contributed by atoms with E-state index in [-0.39, 0.29) is 13.0 Å². The van der Waals surface area contributed by atoms with Gasteiger partial charge in [-0.15, -0.1) is 0 Å². The molecule has 38 heavy (non-hydrogen) atoms. The van der Waals surface area contributed by atoms with Crippen LogP contribution in [0, 0.1) is 5.41 Å². The van der Waals surface area contributed by atoms with Gasteiger partial charge in [-0.3, -0.25) is 18.9 Å². The molecule has 1 aliphatic rings. The lowest BCUT2D eigenvalue weighted by molar-refractivity contribution is -0.161. The molecule has 0 aromatic rings. The second-order valence-electron chi connectivity index (χ2n) is 10.1. The highest BCUT2D eigenvalue weighted by Crippen LogP contribution is 2.23. The van der Waals surface area contributed by atoms with Crippen LogP contribution in [-0.2, 0) is 38.7 Å². The predicted octanol–water partition coefficient (Wildman–Crippen LogP) is 4.29. The number of allylic oxidation sites excluding steroid dienone is 2. The number of hydrogen-bond acceptors (Lipinski definition) is 9. The number of hydrogen-bond donors (Lipinski definition) is 2. The number of carbonyl (C=O) groups is 3. The summed E-state index contributed by atoms with van der Waals surface area (Å²) in [5.74, 6) is -2.90. The van der Waals surface area contributed by atoms with Gasteiger partial charge in [-0.25, -0.2) is 0 Å². The van der Waals surface area contributed by atoms with E-state index in [9.17, 15) is 32.5 Å².